The molecule has 0 amide bonds. The van der Waals surface area contributed by atoms with Crippen molar-refractivity contribution in [1.82, 2.24) is 9.97 Å². The van der Waals surface area contributed by atoms with Gasteiger partial charge in [-0.25, -0.2) is 9.97 Å². The van der Waals surface area contributed by atoms with E-state index in [1.807, 2.05) is 0 Å². The van der Waals surface area contributed by atoms with E-state index >= 15 is 0 Å². The largest absolute Gasteiger partial charge is 0.378 e. The standard InChI is InChI=1S/C16H24IN3O/c1-3-6-18-16-14(17)13(9-21-2)19-15(20-16)12-8-10-4-5-11(12)7-10/h10-12H,3-9H2,1-2H3,(H,18,19,20). The highest BCUT2D eigenvalue weighted by Gasteiger charge is 2.41. The summed E-state index contributed by atoms with van der Waals surface area (Å²) in [7, 11) is 1.73. The average molecular weight is 401 g/mol. The van der Waals surface area contributed by atoms with Crippen LogP contribution in [0.25, 0.3) is 0 Å². The molecule has 1 N–H and O–H groups in total. The Morgan fingerprint density at radius 1 is 1.29 bits per heavy atom. The summed E-state index contributed by atoms with van der Waals surface area (Å²) in [5.41, 5.74) is 1.03. The van der Waals surface area contributed by atoms with Crippen molar-refractivity contribution in [3.05, 3.63) is 15.1 Å². The number of anilines is 1. The molecule has 1 aromatic rings. The molecule has 1 aromatic heterocycles. The predicted molar refractivity (Wildman–Crippen MR) is 92.4 cm³/mol. The van der Waals surface area contributed by atoms with E-state index in [9.17, 15) is 0 Å². The van der Waals surface area contributed by atoms with Gasteiger partial charge in [0, 0.05) is 19.6 Å². The van der Waals surface area contributed by atoms with Gasteiger partial charge < -0.3 is 10.1 Å². The first-order valence-electron chi connectivity index (χ1n) is 8.02. The number of halogens is 1. The Labute approximate surface area is 140 Å². The molecule has 116 valence electrons. The number of hydrogen-bond donors (Lipinski definition) is 1. The van der Waals surface area contributed by atoms with Gasteiger partial charge in [0.2, 0.25) is 0 Å². The number of nitrogens with one attached hydrogen (secondary N) is 1. The molecule has 2 saturated carbocycles. The van der Waals surface area contributed by atoms with Gasteiger partial charge >= 0.3 is 0 Å². The Morgan fingerprint density at radius 3 is 2.76 bits per heavy atom. The Bertz CT molecular complexity index is 509. The van der Waals surface area contributed by atoms with Crippen LogP contribution < -0.4 is 5.32 Å². The zero-order valence-electron chi connectivity index (χ0n) is 12.9. The van der Waals surface area contributed by atoms with Gasteiger partial charge in [-0.2, -0.15) is 0 Å². The molecule has 1 heterocycles. The first-order chi connectivity index (χ1) is 10.2. The maximum atomic E-state index is 5.32. The van der Waals surface area contributed by atoms with Crippen LogP contribution in [0.4, 0.5) is 5.82 Å². The summed E-state index contributed by atoms with van der Waals surface area (Å²) in [6.45, 7) is 3.69. The van der Waals surface area contributed by atoms with Crippen molar-refractivity contribution < 1.29 is 4.74 Å². The van der Waals surface area contributed by atoms with Crippen LogP contribution >= 0.6 is 22.6 Å². The normalized spacial score (nSPS) is 27.3. The van der Waals surface area contributed by atoms with E-state index in [0.717, 1.165) is 45.7 Å². The molecule has 2 fully saturated rings. The summed E-state index contributed by atoms with van der Waals surface area (Å²) < 4.78 is 6.43. The molecule has 3 unspecified atom stereocenters. The minimum absolute atomic E-state index is 0.565. The minimum Gasteiger partial charge on any atom is -0.378 e. The van der Waals surface area contributed by atoms with Crippen LogP contribution in [0.3, 0.4) is 0 Å². The Morgan fingerprint density at radius 2 is 2.14 bits per heavy atom. The van der Waals surface area contributed by atoms with Crippen LogP contribution in [-0.4, -0.2) is 23.6 Å². The van der Waals surface area contributed by atoms with E-state index < -0.39 is 0 Å². The molecule has 3 rings (SSSR count). The van der Waals surface area contributed by atoms with Gasteiger partial charge in [-0.15, -0.1) is 0 Å². The molecule has 2 aliphatic rings. The molecule has 0 aliphatic heterocycles. The third-order valence-electron chi connectivity index (χ3n) is 4.83. The lowest BCUT2D eigenvalue weighted by molar-refractivity contribution is 0.180. The second-order valence-corrected chi connectivity index (χ2v) is 7.41. The SMILES string of the molecule is CCCNc1nc(C2CC3CCC2C3)nc(COC)c1I. The van der Waals surface area contributed by atoms with E-state index in [1.165, 1.54) is 25.7 Å². The van der Waals surface area contributed by atoms with Crippen molar-refractivity contribution in [2.24, 2.45) is 11.8 Å². The lowest BCUT2D eigenvalue weighted by Gasteiger charge is -2.22. The molecule has 3 atom stereocenters. The summed E-state index contributed by atoms with van der Waals surface area (Å²) in [4.78, 5) is 9.72. The summed E-state index contributed by atoms with van der Waals surface area (Å²) in [5.74, 6) is 4.34. The number of hydrogen-bond acceptors (Lipinski definition) is 4. The number of rotatable bonds is 6. The second kappa shape index (κ2) is 6.77. The molecular weight excluding hydrogens is 377 g/mol. The summed E-state index contributed by atoms with van der Waals surface area (Å²) in [5, 5.41) is 3.46. The highest BCUT2D eigenvalue weighted by atomic mass is 127. The molecule has 0 aromatic carbocycles. The highest BCUT2D eigenvalue weighted by Crippen LogP contribution is 2.52. The number of methoxy groups -OCH3 is 1. The molecule has 0 radical (unpaired) electrons. The van der Waals surface area contributed by atoms with Gasteiger partial charge in [-0.3, -0.25) is 0 Å². The topological polar surface area (TPSA) is 47.0 Å². The van der Waals surface area contributed by atoms with E-state index in [-0.39, 0.29) is 0 Å². The number of aromatic nitrogens is 2. The van der Waals surface area contributed by atoms with E-state index in [1.54, 1.807) is 7.11 Å². The maximum absolute atomic E-state index is 5.32. The fraction of sp³-hybridized carbons (Fsp3) is 0.750. The molecule has 21 heavy (non-hydrogen) atoms. The lowest BCUT2D eigenvalue weighted by Crippen LogP contribution is -2.17. The fourth-order valence-corrected chi connectivity index (χ4v) is 4.42. The van der Waals surface area contributed by atoms with Gasteiger partial charge in [0.25, 0.3) is 0 Å². The highest BCUT2D eigenvalue weighted by molar-refractivity contribution is 14.1. The predicted octanol–water partition coefficient (Wildman–Crippen LogP) is 3.95. The lowest BCUT2D eigenvalue weighted by atomic mass is 9.88. The summed E-state index contributed by atoms with van der Waals surface area (Å²) >= 11 is 2.34. The van der Waals surface area contributed by atoms with Crippen molar-refractivity contribution in [3.8, 4) is 0 Å². The van der Waals surface area contributed by atoms with Crippen molar-refractivity contribution in [2.75, 3.05) is 19.0 Å². The Hall–Kier alpha value is -0.430. The monoisotopic (exact) mass is 401 g/mol. The van der Waals surface area contributed by atoms with Crippen molar-refractivity contribution in [2.45, 2.75) is 51.6 Å². The molecule has 0 saturated heterocycles. The van der Waals surface area contributed by atoms with Crippen LogP contribution in [0.5, 0.6) is 0 Å². The van der Waals surface area contributed by atoms with Gasteiger partial charge in [0.1, 0.15) is 11.6 Å². The fourth-order valence-electron chi connectivity index (χ4n) is 3.83. The minimum atomic E-state index is 0.565. The van der Waals surface area contributed by atoms with E-state index in [4.69, 9.17) is 14.7 Å². The van der Waals surface area contributed by atoms with Crippen molar-refractivity contribution >= 4 is 28.4 Å². The molecule has 2 aliphatic carbocycles. The van der Waals surface area contributed by atoms with Crippen molar-refractivity contribution in [1.29, 1.82) is 0 Å². The van der Waals surface area contributed by atoms with Crippen LogP contribution in [0.2, 0.25) is 0 Å². The smallest absolute Gasteiger partial charge is 0.143 e. The van der Waals surface area contributed by atoms with Crippen molar-refractivity contribution in [3.63, 3.8) is 0 Å². The quantitative estimate of drug-likeness (QED) is 0.734. The maximum Gasteiger partial charge on any atom is 0.143 e. The van der Waals surface area contributed by atoms with Gasteiger partial charge in [-0.1, -0.05) is 13.3 Å². The van der Waals surface area contributed by atoms with Crippen LogP contribution in [-0.2, 0) is 11.3 Å². The molecular formula is C16H24IN3O. The zero-order valence-corrected chi connectivity index (χ0v) is 15.0. The second-order valence-electron chi connectivity index (χ2n) is 6.33. The molecule has 2 bridgehead atoms. The molecule has 4 nitrogen and oxygen atoms in total. The molecule has 0 spiro atoms. The zero-order chi connectivity index (χ0) is 14.8. The summed E-state index contributed by atoms with van der Waals surface area (Å²) in [6.07, 6.45) is 6.55. The van der Waals surface area contributed by atoms with Gasteiger partial charge in [0.15, 0.2) is 0 Å². The number of ether oxygens (including phenoxy) is 1. The molecule has 5 heteroatoms. The number of nitrogens with zero attached hydrogens (tertiary/aromatic N) is 2. The van der Waals surface area contributed by atoms with Gasteiger partial charge in [-0.05, 0) is 60.1 Å². The first-order valence-corrected chi connectivity index (χ1v) is 9.09. The third-order valence-corrected chi connectivity index (χ3v) is 5.96. The Kier molecular flexibility index (Phi) is 4.99. The van der Waals surface area contributed by atoms with Crippen LogP contribution in [0.15, 0.2) is 0 Å². The number of fused-ring (bicyclic) bond motifs is 2. The van der Waals surface area contributed by atoms with Crippen LogP contribution in [0, 0.1) is 15.4 Å². The van der Waals surface area contributed by atoms with E-state index in [0.29, 0.717) is 12.5 Å². The van der Waals surface area contributed by atoms with Crippen LogP contribution in [0.1, 0.15) is 56.5 Å². The first kappa shape index (κ1) is 15.5. The summed E-state index contributed by atoms with van der Waals surface area (Å²) in [6, 6.07) is 0. The third kappa shape index (κ3) is 3.18. The average Bonchev–Trinajstić information content (AvgIpc) is 3.11. The Balaban J connectivity index is 1.90. The van der Waals surface area contributed by atoms with Gasteiger partial charge in [0.05, 0.1) is 15.9 Å². The van der Waals surface area contributed by atoms with E-state index in [2.05, 4.69) is 34.8 Å².